The Morgan fingerprint density at radius 1 is 1.25 bits per heavy atom. The highest BCUT2D eigenvalue weighted by Crippen LogP contribution is 2.26. The summed E-state index contributed by atoms with van der Waals surface area (Å²) in [6.07, 6.45) is -4.84. The fourth-order valence-electron chi connectivity index (χ4n) is 1.16. The van der Waals surface area contributed by atoms with Gasteiger partial charge in [-0.25, -0.2) is 0 Å². The van der Waals surface area contributed by atoms with Gasteiger partial charge in [0, 0.05) is 11.8 Å². The standard InChI is InChI=1S/C12H12F3NO4/c1-11(2,10(18)19)9(17)16-7-4-3-5-8(6-7)20-12(13,14)15/h3-6H,1-2H3,(H,16,17)(H,18,19). The van der Waals surface area contributed by atoms with Gasteiger partial charge in [0.15, 0.2) is 0 Å². The molecular formula is C12H12F3NO4. The Morgan fingerprint density at radius 3 is 2.35 bits per heavy atom. The molecule has 0 aromatic heterocycles. The number of hydrogen-bond donors (Lipinski definition) is 2. The number of halogens is 3. The van der Waals surface area contributed by atoms with Gasteiger partial charge in [0.05, 0.1) is 0 Å². The molecule has 0 heterocycles. The van der Waals surface area contributed by atoms with E-state index in [1.54, 1.807) is 0 Å². The number of anilines is 1. The minimum absolute atomic E-state index is 0.00563. The van der Waals surface area contributed by atoms with E-state index < -0.39 is 29.4 Å². The van der Waals surface area contributed by atoms with E-state index in [-0.39, 0.29) is 5.69 Å². The topological polar surface area (TPSA) is 75.6 Å². The molecule has 0 saturated heterocycles. The number of carbonyl (C=O) groups is 2. The van der Waals surface area contributed by atoms with Crippen LogP contribution in [0.5, 0.6) is 5.75 Å². The molecule has 0 fully saturated rings. The first-order valence-corrected chi connectivity index (χ1v) is 5.43. The van der Waals surface area contributed by atoms with Gasteiger partial charge in [0.2, 0.25) is 5.91 Å². The van der Waals surface area contributed by atoms with Crippen molar-refractivity contribution >= 4 is 17.6 Å². The van der Waals surface area contributed by atoms with Crippen LogP contribution >= 0.6 is 0 Å². The van der Waals surface area contributed by atoms with Crippen LogP contribution in [0, 0.1) is 5.41 Å². The number of alkyl halides is 3. The van der Waals surface area contributed by atoms with Crippen LogP contribution in [-0.4, -0.2) is 23.3 Å². The Labute approximate surface area is 112 Å². The van der Waals surface area contributed by atoms with Gasteiger partial charge in [-0.15, -0.1) is 13.2 Å². The summed E-state index contributed by atoms with van der Waals surface area (Å²) < 4.78 is 39.8. The number of benzene rings is 1. The van der Waals surface area contributed by atoms with Crippen molar-refractivity contribution in [2.24, 2.45) is 5.41 Å². The van der Waals surface area contributed by atoms with Gasteiger partial charge >= 0.3 is 12.3 Å². The van der Waals surface area contributed by atoms with Gasteiger partial charge < -0.3 is 15.2 Å². The van der Waals surface area contributed by atoms with E-state index in [0.717, 1.165) is 12.1 Å². The molecule has 0 saturated carbocycles. The van der Waals surface area contributed by atoms with E-state index in [1.165, 1.54) is 26.0 Å². The minimum atomic E-state index is -4.84. The first-order valence-electron chi connectivity index (χ1n) is 5.43. The summed E-state index contributed by atoms with van der Waals surface area (Å²) in [6, 6.07) is 4.57. The Kier molecular flexibility index (Phi) is 4.26. The van der Waals surface area contributed by atoms with Crippen LogP contribution in [0.15, 0.2) is 24.3 Å². The predicted octanol–water partition coefficient (Wildman–Crippen LogP) is 2.63. The highest BCUT2D eigenvalue weighted by molar-refractivity contribution is 6.07. The molecule has 0 bridgehead atoms. The van der Waals surface area contributed by atoms with E-state index in [9.17, 15) is 22.8 Å². The number of aliphatic carboxylic acids is 1. The maximum atomic E-state index is 12.0. The minimum Gasteiger partial charge on any atom is -0.480 e. The van der Waals surface area contributed by atoms with Gasteiger partial charge in [-0.05, 0) is 26.0 Å². The number of nitrogens with one attached hydrogen (secondary N) is 1. The third-order valence-electron chi connectivity index (χ3n) is 2.43. The lowest BCUT2D eigenvalue weighted by molar-refractivity contribution is -0.274. The Morgan fingerprint density at radius 2 is 1.85 bits per heavy atom. The molecule has 0 aliphatic heterocycles. The first kappa shape index (κ1) is 15.8. The zero-order valence-corrected chi connectivity index (χ0v) is 10.6. The van der Waals surface area contributed by atoms with E-state index in [4.69, 9.17) is 5.11 Å². The van der Waals surface area contributed by atoms with Crippen molar-refractivity contribution in [1.82, 2.24) is 0 Å². The lowest BCUT2D eigenvalue weighted by atomic mass is 9.92. The maximum absolute atomic E-state index is 12.0. The molecule has 2 N–H and O–H groups in total. The fraction of sp³-hybridized carbons (Fsp3) is 0.333. The predicted molar refractivity (Wildman–Crippen MR) is 63.2 cm³/mol. The van der Waals surface area contributed by atoms with Gasteiger partial charge in [0.25, 0.3) is 0 Å². The second-order valence-corrected chi connectivity index (χ2v) is 4.46. The third kappa shape index (κ3) is 4.15. The van der Waals surface area contributed by atoms with Crippen molar-refractivity contribution in [3.05, 3.63) is 24.3 Å². The average Bonchev–Trinajstić information content (AvgIpc) is 2.26. The van der Waals surface area contributed by atoms with E-state index >= 15 is 0 Å². The highest BCUT2D eigenvalue weighted by Gasteiger charge is 2.36. The molecule has 1 aromatic rings. The second-order valence-electron chi connectivity index (χ2n) is 4.46. The van der Waals surface area contributed by atoms with Crippen LogP contribution < -0.4 is 10.1 Å². The summed E-state index contributed by atoms with van der Waals surface area (Å²) in [5.41, 5.74) is -1.70. The highest BCUT2D eigenvalue weighted by atomic mass is 19.4. The zero-order valence-electron chi connectivity index (χ0n) is 10.6. The Hall–Kier alpha value is -2.25. The van der Waals surface area contributed by atoms with E-state index in [0.29, 0.717) is 0 Å². The fourth-order valence-corrected chi connectivity index (χ4v) is 1.16. The van der Waals surface area contributed by atoms with Gasteiger partial charge in [-0.2, -0.15) is 0 Å². The summed E-state index contributed by atoms with van der Waals surface area (Å²) in [4.78, 5) is 22.6. The molecule has 1 aromatic carbocycles. The van der Waals surface area contributed by atoms with Crippen LogP contribution in [0.25, 0.3) is 0 Å². The SMILES string of the molecule is CC(C)(C(=O)O)C(=O)Nc1cccc(OC(F)(F)F)c1. The molecule has 20 heavy (non-hydrogen) atoms. The molecule has 0 spiro atoms. The largest absolute Gasteiger partial charge is 0.573 e. The van der Waals surface area contributed by atoms with Crippen molar-refractivity contribution in [2.45, 2.75) is 20.2 Å². The van der Waals surface area contributed by atoms with Crippen LogP contribution in [0.3, 0.4) is 0 Å². The normalized spacial score (nSPS) is 11.8. The number of carbonyl (C=O) groups excluding carboxylic acids is 1. The van der Waals surface area contributed by atoms with Crippen molar-refractivity contribution in [1.29, 1.82) is 0 Å². The maximum Gasteiger partial charge on any atom is 0.573 e. The Balaban J connectivity index is 2.87. The molecule has 0 aliphatic rings. The molecule has 1 amide bonds. The zero-order chi connectivity index (χ0) is 15.6. The molecule has 5 nitrogen and oxygen atoms in total. The number of rotatable bonds is 4. The van der Waals surface area contributed by atoms with Crippen LogP contribution in [-0.2, 0) is 9.59 Å². The van der Waals surface area contributed by atoms with Gasteiger partial charge in [-0.1, -0.05) is 6.07 Å². The van der Waals surface area contributed by atoms with Crippen LogP contribution in [0.2, 0.25) is 0 Å². The van der Waals surface area contributed by atoms with Crippen molar-refractivity contribution in [3.63, 3.8) is 0 Å². The van der Waals surface area contributed by atoms with Crippen molar-refractivity contribution < 1.29 is 32.6 Å². The van der Waals surface area contributed by atoms with Gasteiger partial charge in [0.1, 0.15) is 11.2 Å². The molecule has 0 radical (unpaired) electrons. The summed E-state index contributed by atoms with van der Waals surface area (Å²) >= 11 is 0. The number of carboxylic acids is 1. The molecule has 0 atom stereocenters. The summed E-state index contributed by atoms with van der Waals surface area (Å²) in [6.45, 7) is 2.36. The van der Waals surface area contributed by atoms with Crippen LogP contribution in [0.4, 0.5) is 18.9 Å². The number of ether oxygens (including phenoxy) is 1. The third-order valence-corrected chi connectivity index (χ3v) is 2.43. The lowest BCUT2D eigenvalue weighted by Crippen LogP contribution is -2.37. The van der Waals surface area contributed by atoms with Crippen molar-refractivity contribution in [3.8, 4) is 5.75 Å². The van der Waals surface area contributed by atoms with E-state index in [2.05, 4.69) is 10.1 Å². The first-order chi connectivity index (χ1) is 9.02. The lowest BCUT2D eigenvalue weighted by Gasteiger charge is -2.18. The van der Waals surface area contributed by atoms with Gasteiger partial charge in [-0.3, -0.25) is 9.59 Å². The smallest absolute Gasteiger partial charge is 0.480 e. The summed E-state index contributed by atoms with van der Waals surface area (Å²) in [5, 5.41) is 11.1. The van der Waals surface area contributed by atoms with Crippen LogP contribution in [0.1, 0.15) is 13.8 Å². The van der Waals surface area contributed by atoms with Crippen molar-refractivity contribution in [2.75, 3.05) is 5.32 Å². The number of carboxylic acid groups (broad SMARTS) is 1. The molecule has 1 rings (SSSR count). The quantitative estimate of drug-likeness (QED) is 0.836. The Bertz CT molecular complexity index is 526. The molecule has 0 unspecified atom stereocenters. The van der Waals surface area contributed by atoms with E-state index in [1.807, 2.05) is 0 Å². The number of hydrogen-bond acceptors (Lipinski definition) is 3. The summed E-state index contributed by atoms with van der Waals surface area (Å²) in [7, 11) is 0. The summed E-state index contributed by atoms with van der Waals surface area (Å²) in [5.74, 6) is -2.71. The molecule has 8 heteroatoms. The average molecular weight is 291 g/mol. The monoisotopic (exact) mass is 291 g/mol. The molecular weight excluding hydrogens is 279 g/mol. The molecule has 0 aliphatic carbocycles. The number of amides is 1. The second kappa shape index (κ2) is 5.40. The molecule has 110 valence electrons.